The van der Waals surface area contributed by atoms with Gasteiger partial charge in [0.1, 0.15) is 5.75 Å². The molecule has 0 heterocycles. The minimum Gasteiger partial charge on any atom is -0.497 e. The lowest BCUT2D eigenvalue weighted by molar-refractivity contribution is -0.120. The lowest BCUT2D eigenvalue weighted by atomic mass is 10.1. The summed E-state index contributed by atoms with van der Waals surface area (Å²) < 4.78 is 5.16. The van der Waals surface area contributed by atoms with Crippen LogP contribution in [0.25, 0.3) is 0 Å². The molecule has 0 bridgehead atoms. The summed E-state index contributed by atoms with van der Waals surface area (Å²) in [6, 6.07) is 15.5. The van der Waals surface area contributed by atoms with Crippen LogP contribution in [0.3, 0.4) is 0 Å². The second-order valence-corrected chi connectivity index (χ2v) is 5.74. The largest absolute Gasteiger partial charge is 0.497 e. The topological polar surface area (TPSA) is 41.6 Å². The monoisotopic (exact) mass is 312 g/mol. The van der Waals surface area contributed by atoms with Crippen molar-refractivity contribution in [3.05, 3.63) is 59.7 Å². The van der Waals surface area contributed by atoms with Crippen LogP contribution in [0.5, 0.6) is 5.75 Å². The van der Waals surface area contributed by atoms with Gasteiger partial charge in [0.25, 0.3) is 0 Å². The molecule has 1 atom stereocenters. The highest BCUT2D eigenvalue weighted by atomic mass is 16.5. The van der Waals surface area contributed by atoms with Gasteiger partial charge in [-0.25, -0.2) is 0 Å². The molecule has 4 heteroatoms. The van der Waals surface area contributed by atoms with Gasteiger partial charge in [0.2, 0.25) is 5.91 Å². The van der Waals surface area contributed by atoms with E-state index in [4.69, 9.17) is 4.74 Å². The Morgan fingerprint density at radius 1 is 1.17 bits per heavy atom. The number of amides is 1. The molecule has 0 radical (unpaired) electrons. The molecule has 1 amide bonds. The Labute approximate surface area is 138 Å². The molecule has 0 saturated heterocycles. The molecule has 0 aromatic heterocycles. The first-order valence-electron chi connectivity index (χ1n) is 7.71. The first-order valence-corrected chi connectivity index (χ1v) is 7.71. The van der Waals surface area contributed by atoms with Crippen molar-refractivity contribution in [1.82, 2.24) is 4.90 Å². The minimum absolute atomic E-state index is 0.00434. The van der Waals surface area contributed by atoms with Gasteiger partial charge in [-0.3, -0.25) is 9.69 Å². The van der Waals surface area contributed by atoms with Gasteiger partial charge >= 0.3 is 0 Å². The Morgan fingerprint density at radius 3 is 2.43 bits per heavy atom. The number of nitrogens with one attached hydrogen (secondary N) is 1. The van der Waals surface area contributed by atoms with E-state index in [1.807, 2.05) is 74.3 Å². The number of nitrogens with zero attached hydrogens (tertiary/aromatic N) is 1. The summed E-state index contributed by atoms with van der Waals surface area (Å²) in [5.74, 6) is 0.831. The van der Waals surface area contributed by atoms with Crippen LogP contribution in [0, 0.1) is 6.92 Å². The average molecular weight is 312 g/mol. The predicted molar refractivity (Wildman–Crippen MR) is 93.7 cm³/mol. The average Bonchev–Trinajstić information content (AvgIpc) is 2.56. The number of benzene rings is 2. The number of carbonyl (C=O) groups excluding carboxylic acids is 1. The molecule has 0 fully saturated rings. The van der Waals surface area contributed by atoms with E-state index in [-0.39, 0.29) is 11.9 Å². The molecule has 0 aliphatic heterocycles. The summed E-state index contributed by atoms with van der Waals surface area (Å²) >= 11 is 0. The normalized spacial score (nSPS) is 12.0. The second kappa shape index (κ2) is 7.79. The number of para-hydroxylation sites is 1. The van der Waals surface area contributed by atoms with E-state index in [1.54, 1.807) is 7.11 Å². The van der Waals surface area contributed by atoms with Crippen molar-refractivity contribution >= 4 is 11.6 Å². The number of hydrogen-bond donors (Lipinski definition) is 1. The fourth-order valence-corrected chi connectivity index (χ4v) is 2.31. The highest BCUT2D eigenvalue weighted by Crippen LogP contribution is 2.16. The summed E-state index contributed by atoms with van der Waals surface area (Å²) in [5.41, 5.74) is 3.07. The molecule has 23 heavy (non-hydrogen) atoms. The lowest BCUT2D eigenvalue weighted by Crippen LogP contribution is -2.39. The molecular weight excluding hydrogens is 288 g/mol. The van der Waals surface area contributed by atoms with Crippen molar-refractivity contribution < 1.29 is 9.53 Å². The Bertz CT molecular complexity index is 653. The molecule has 2 aromatic rings. The van der Waals surface area contributed by atoms with E-state index in [2.05, 4.69) is 5.32 Å². The fraction of sp³-hybridized carbons (Fsp3) is 0.316. The number of methoxy groups -OCH3 is 1. The third kappa shape index (κ3) is 4.57. The number of hydrogen-bond acceptors (Lipinski definition) is 3. The molecular formula is C19H24N2O2. The van der Waals surface area contributed by atoms with Crippen LogP contribution in [0.1, 0.15) is 18.1 Å². The molecule has 0 saturated carbocycles. The third-order valence-corrected chi connectivity index (χ3v) is 4.03. The van der Waals surface area contributed by atoms with Gasteiger partial charge in [-0.15, -0.1) is 0 Å². The van der Waals surface area contributed by atoms with Crippen molar-refractivity contribution in [2.24, 2.45) is 0 Å². The highest BCUT2D eigenvalue weighted by molar-refractivity contribution is 5.95. The van der Waals surface area contributed by atoms with Gasteiger partial charge in [-0.2, -0.15) is 0 Å². The maximum atomic E-state index is 12.4. The number of rotatable bonds is 6. The first kappa shape index (κ1) is 17.0. The van der Waals surface area contributed by atoms with Gasteiger partial charge in [-0.05, 0) is 50.2 Å². The molecule has 0 spiro atoms. The molecule has 0 aliphatic rings. The van der Waals surface area contributed by atoms with E-state index in [1.165, 1.54) is 0 Å². The zero-order valence-corrected chi connectivity index (χ0v) is 14.2. The first-order chi connectivity index (χ1) is 11.0. The molecule has 1 N–H and O–H groups in total. The van der Waals surface area contributed by atoms with Crippen molar-refractivity contribution in [2.45, 2.75) is 26.4 Å². The van der Waals surface area contributed by atoms with Crippen LogP contribution in [0.15, 0.2) is 48.5 Å². The standard InChI is InChI=1S/C19H24N2O2/c1-14-7-5-6-8-18(14)20-19(22)15(2)21(3)13-16-9-11-17(23-4)12-10-16/h5-12,15H,13H2,1-4H3,(H,20,22)/t15-/m1/s1. The SMILES string of the molecule is COc1ccc(CN(C)[C@H](C)C(=O)Nc2ccccc2C)cc1. The Hall–Kier alpha value is -2.33. The van der Waals surface area contributed by atoms with E-state index < -0.39 is 0 Å². The Morgan fingerprint density at radius 2 is 1.83 bits per heavy atom. The van der Waals surface area contributed by atoms with Gasteiger partial charge in [-0.1, -0.05) is 30.3 Å². The zero-order chi connectivity index (χ0) is 16.8. The van der Waals surface area contributed by atoms with Crippen molar-refractivity contribution in [3.8, 4) is 5.75 Å². The van der Waals surface area contributed by atoms with Crippen molar-refractivity contribution in [2.75, 3.05) is 19.5 Å². The smallest absolute Gasteiger partial charge is 0.241 e. The number of aryl methyl sites for hydroxylation is 1. The van der Waals surface area contributed by atoms with Crippen molar-refractivity contribution in [1.29, 1.82) is 0 Å². The Kier molecular flexibility index (Phi) is 5.77. The number of anilines is 1. The van der Waals surface area contributed by atoms with Crippen LogP contribution < -0.4 is 10.1 Å². The van der Waals surface area contributed by atoms with Crippen molar-refractivity contribution in [3.63, 3.8) is 0 Å². The molecule has 0 aliphatic carbocycles. The molecule has 2 aromatic carbocycles. The summed E-state index contributed by atoms with van der Waals surface area (Å²) in [4.78, 5) is 14.4. The maximum Gasteiger partial charge on any atom is 0.241 e. The van der Waals surface area contributed by atoms with Gasteiger partial charge < -0.3 is 10.1 Å². The lowest BCUT2D eigenvalue weighted by Gasteiger charge is -2.24. The van der Waals surface area contributed by atoms with Crippen LogP contribution in [0.4, 0.5) is 5.69 Å². The van der Waals surface area contributed by atoms with Crippen LogP contribution in [-0.4, -0.2) is 31.0 Å². The molecule has 4 nitrogen and oxygen atoms in total. The van der Waals surface area contributed by atoms with E-state index in [0.717, 1.165) is 22.6 Å². The van der Waals surface area contributed by atoms with Gasteiger partial charge in [0.15, 0.2) is 0 Å². The number of ether oxygens (including phenoxy) is 1. The quantitative estimate of drug-likeness (QED) is 0.888. The van der Waals surface area contributed by atoms with Gasteiger partial charge in [0.05, 0.1) is 13.2 Å². The van der Waals surface area contributed by atoms with Crippen LogP contribution in [0.2, 0.25) is 0 Å². The van der Waals surface area contributed by atoms with E-state index in [0.29, 0.717) is 6.54 Å². The summed E-state index contributed by atoms with van der Waals surface area (Å²) in [6.07, 6.45) is 0. The van der Waals surface area contributed by atoms with Crippen LogP contribution in [-0.2, 0) is 11.3 Å². The number of carbonyl (C=O) groups is 1. The minimum atomic E-state index is -0.225. The Balaban J connectivity index is 1.96. The molecule has 122 valence electrons. The van der Waals surface area contributed by atoms with Gasteiger partial charge in [0, 0.05) is 12.2 Å². The highest BCUT2D eigenvalue weighted by Gasteiger charge is 2.18. The van der Waals surface area contributed by atoms with Crippen LogP contribution >= 0.6 is 0 Å². The third-order valence-electron chi connectivity index (χ3n) is 4.03. The molecule has 0 unspecified atom stereocenters. The second-order valence-electron chi connectivity index (χ2n) is 5.74. The summed E-state index contributed by atoms with van der Waals surface area (Å²) in [5, 5.41) is 2.99. The summed E-state index contributed by atoms with van der Waals surface area (Å²) in [7, 11) is 3.60. The fourth-order valence-electron chi connectivity index (χ4n) is 2.31. The predicted octanol–water partition coefficient (Wildman–Crippen LogP) is 3.46. The maximum absolute atomic E-state index is 12.4. The molecule has 2 rings (SSSR count). The van der Waals surface area contributed by atoms with E-state index >= 15 is 0 Å². The zero-order valence-electron chi connectivity index (χ0n) is 14.2. The summed E-state index contributed by atoms with van der Waals surface area (Å²) in [6.45, 7) is 4.60. The number of likely N-dealkylation sites (N-methyl/N-ethyl adjacent to an activating group) is 1. The van der Waals surface area contributed by atoms with E-state index in [9.17, 15) is 4.79 Å².